The van der Waals surface area contributed by atoms with Gasteiger partial charge < -0.3 is 4.74 Å². The number of hydrogen-bond donors (Lipinski definition) is 0. The van der Waals surface area contributed by atoms with E-state index in [9.17, 15) is 9.59 Å². The maximum Gasteiger partial charge on any atom is 0.240 e. The molecule has 21 heavy (non-hydrogen) atoms. The van der Waals surface area contributed by atoms with Gasteiger partial charge in [0.15, 0.2) is 0 Å². The number of nitrogens with zero attached hydrogens (tertiary/aromatic N) is 1. The van der Waals surface area contributed by atoms with Crippen molar-refractivity contribution in [3.63, 3.8) is 0 Å². The lowest BCUT2D eigenvalue weighted by Gasteiger charge is -2.19. The van der Waals surface area contributed by atoms with Crippen LogP contribution in [0.5, 0.6) is 0 Å². The summed E-state index contributed by atoms with van der Waals surface area (Å²) in [6, 6.07) is 2.87. The number of imide groups is 1. The third-order valence-corrected chi connectivity index (χ3v) is 5.17. The fourth-order valence-corrected chi connectivity index (χ4v) is 3.85. The summed E-state index contributed by atoms with van der Waals surface area (Å²) in [6.07, 6.45) is 3.00. The molecule has 0 saturated carbocycles. The molecule has 1 aromatic carbocycles. The number of anilines is 1. The highest BCUT2D eigenvalue weighted by molar-refractivity contribution is 6.44. The molecule has 0 unspecified atom stereocenters. The van der Waals surface area contributed by atoms with Gasteiger partial charge in [0.2, 0.25) is 11.8 Å². The number of ether oxygens (including phenoxy) is 1. The summed E-state index contributed by atoms with van der Waals surface area (Å²) in [7, 11) is 0. The fourth-order valence-electron chi connectivity index (χ4n) is 3.22. The summed E-state index contributed by atoms with van der Waals surface area (Å²) < 4.78 is 5.58. The van der Waals surface area contributed by atoms with Crippen molar-refractivity contribution in [3.05, 3.63) is 39.4 Å². The lowest BCUT2D eigenvalue weighted by molar-refractivity contribution is -0.124. The molecule has 3 heterocycles. The van der Waals surface area contributed by atoms with Gasteiger partial charge >= 0.3 is 0 Å². The Bertz CT molecular complexity index is 688. The largest absolute Gasteiger partial charge is 0.365 e. The number of rotatable bonds is 1. The van der Waals surface area contributed by atoms with E-state index in [1.807, 2.05) is 12.2 Å². The van der Waals surface area contributed by atoms with Crippen LogP contribution in [0.4, 0.5) is 5.69 Å². The number of halogens is 3. The second-order valence-corrected chi connectivity index (χ2v) is 6.45. The molecule has 0 spiro atoms. The van der Waals surface area contributed by atoms with Crippen molar-refractivity contribution in [1.29, 1.82) is 0 Å². The second kappa shape index (κ2) is 4.46. The smallest absolute Gasteiger partial charge is 0.240 e. The summed E-state index contributed by atoms with van der Waals surface area (Å²) in [5, 5.41) is 0.730. The Balaban J connectivity index is 1.80. The molecular formula is C14H8Cl3NO3. The van der Waals surface area contributed by atoms with Crippen LogP contribution in [-0.4, -0.2) is 24.0 Å². The predicted octanol–water partition coefficient (Wildman–Crippen LogP) is 3.09. The van der Waals surface area contributed by atoms with E-state index in [0.717, 1.165) is 4.90 Å². The van der Waals surface area contributed by atoms with Gasteiger partial charge in [0.05, 0.1) is 44.8 Å². The van der Waals surface area contributed by atoms with Crippen LogP contribution in [0.1, 0.15) is 0 Å². The molecule has 0 aromatic heterocycles. The quantitative estimate of drug-likeness (QED) is 0.447. The topological polar surface area (TPSA) is 46.6 Å². The Hall–Kier alpha value is -1.07. The SMILES string of the molecule is O=C1[C@@H]2[C@@H](C(=O)N1c1cc(Cl)c(Cl)cc1Cl)[C@@H]1C=C[C@@H]2O1. The zero-order valence-corrected chi connectivity index (χ0v) is 12.7. The van der Waals surface area contributed by atoms with E-state index < -0.39 is 11.8 Å². The molecule has 2 amide bonds. The molecule has 3 aliphatic heterocycles. The van der Waals surface area contributed by atoms with Gasteiger partial charge in [0.25, 0.3) is 0 Å². The molecule has 1 aromatic rings. The molecule has 0 N–H and O–H groups in total. The number of carbonyl (C=O) groups excluding carboxylic acids is 2. The first kappa shape index (κ1) is 13.6. The molecule has 4 rings (SSSR count). The van der Waals surface area contributed by atoms with Crippen LogP contribution in [0, 0.1) is 11.8 Å². The van der Waals surface area contributed by atoms with Crippen LogP contribution >= 0.6 is 34.8 Å². The van der Waals surface area contributed by atoms with Crippen LogP contribution in [0.15, 0.2) is 24.3 Å². The highest BCUT2D eigenvalue weighted by Gasteiger charge is 2.61. The summed E-state index contributed by atoms with van der Waals surface area (Å²) in [6.45, 7) is 0. The molecule has 2 saturated heterocycles. The van der Waals surface area contributed by atoms with E-state index in [-0.39, 0.29) is 44.8 Å². The minimum Gasteiger partial charge on any atom is -0.365 e. The van der Waals surface area contributed by atoms with Crippen molar-refractivity contribution >= 4 is 52.3 Å². The van der Waals surface area contributed by atoms with Gasteiger partial charge in [-0.05, 0) is 12.1 Å². The zero-order chi connectivity index (χ0) is 14.9. The van der Waals surface area contributed by atoms with Gasteiger partial charge in [-0.2, -0.15) is 0 Å². The zero-order valence-electron chi connectivity index (χ0n) is 10.4. The average molecular weight is 345 g/mol. The van der Waals surface area contributed by atoms with Gasteiger partial charge in [-0.1, -0.05) is 47.0 Å². The lowest BCUT2D eigenvalue weighted by Crippen LogP contribution is -2.34. The Morgan fingerprint density at radius 3 is 1.95 bits per heavy atom. The van der Waals surface area contributed by atoms with Crippen LogP contribution in [0.2, 0.25) is 15.1 Å². The standard InChI is InChI=1S/C14H8Cl3NO3/c15-5-3-7(17)8(4-6(5)16)18-13(19)11-9-1-2-10(21-9)12(11)14(18)20/h1-4,9-12H/t9-,10-,11-,12-/m0/s1. The van der Waals surface area contributed by atoms with Gasteiger partial charge in [-0.25, -0.2) is 4.90 Å². The van der Waals surface area contributed by atoms with E-state index in [1.54, 1.807) is 0 Å². The second-order valence-electron chi connectivity index (χ2n) is 5.23. The first-order valence-electron chi connectivity index (χ1n) is 6.35. The third-order valence-electron chi connectivity index (χ3n) is 4.14. The molecule has 4 atom stereocenters. The summed E-state index contributed by atoms with van der Waals surface area (Å²) in [5.41, 5.74) is 0.273. The molecule has 0 aliphatic carbocycles. The van der Waals surface area contributed by atoms with Crippen LogP contribution in [0.3, 0.4) is 0 Å². The fraction of sp³-hybridized carbons (Fsp3) is 0.286. The minimum absolute atomic E-state index is 0.215. The normalized spacial score (nSPS) is 33.2. The maximum absolute atomic E-state index is 12.6. The first-order chi connectivity index (χ1) is 9.99. The molecular weight excluding hydrogens is 337 g/mol. The maximum atomic E-state index is 12.6. The predicted molar refractivity (Wildman–Crippen MR) is 78.7 cm³/mol. The van der Waals surface area contributed by atoms with Crippen LogP contribution in [-0.2, 0) is 14.3 Å². The number of amides is 2. The molecule has 7 heteroatoms. The number of carbonyl (C=O) groups is 2. The van der Waals surface area contributed by atoms with E-state index in [2.05, 4.69) is 0 Å². The molecule has 2 bridgehead atoms. The number of hydrogen-bond acceptors (Lipinski definition) is 3. The van der Waals surface area contributed by atoms with Crippen molar-refractivity contribution in [3.8, 4) is 0 Å². The Labute approximate surface area is 135 Å². The van der Waals surface area contributed by atoms with Crippen molar-refractivity contribution in [2.75, 3.05) is 4.90 Å². The summed E-state index contributed by atoms with van der Waals surface area (Å²) in [4.78, 5) is 26.3. The van der Waals surface area contributed by atoms with E-state index in [4.69, 9.17) is 39.5 Å². The molecule has 4 nitrogen and oxygen atoms in total. The van der Waals surface area contributed by atoms with Gasteiger partial charge in [-0.3, -0.25) is 9.59 Å². The van der Waals surface area contributed by atoms with E-state index in [1.165, 1.54) is 12.1 Å². The van der Waals surface area contributed by atoms with E-state index in [0.29, 0.717) is 0 Å². The first-order valence-corrected chi connectivity index (χ1v) is 7.48. The number of benzene rings is 1. The van der Waals surface area contributed by atoms with E-state index >= 15 is 0 Å². The van der Waals surface area contributed by atoms with Gasteiger partial charge in [-0.15, -0.1) is 0 Å². The van der Waals surface area contributed by atoms with Crippen molar-refractivity contribution in [2.24, 2.45) is 11.8 Å². The Kier molecular flexibility index (Phi) is 2.89. The van der Waals surface area contributed by atoms with Crippen LogP contribution in [0.25, 0.3) is 0 Å². The van der Waals surface area contributed by atoms with Crippen molar-refractivity contribution in [1.82, 2.24) is 0 Å². The third kappa shape index (κ3) is 1.73. The van der Waals surface area contributed by atoms with Crippen molar-refractivity contribution in [2.45, 2.75) is 12.2 Å². The van der Waals surface area contributed by atoms with Gasteiger partial charge in [0, 0.05) is 0 Å². The Morgan fingerprint density at radius 1 is 0.857 bits per heavy atom. The van der Waals surface area contributed by atoms with Gasteiger partial charge in [0.1, 0.15) is 0 Å². The molecule has 2 fully saturated rings. The molecule has 108 valence electrons. The average Bonchev–Trinajstić information content (AvgIpc) is 3.09. The van der Waals surface area contributed by atoms with Crippen LogP contribution < -0.4 is 4.90 Å². The molecule has 3 aliphatic rings. The molecule has 0 radical (unpaired) electrons. The van der Waals surface area contributed by atoms with Crippen molar-refractivity contribution < 1.29 is 14.3 Å². The summed E-state index contributed by atoms with van der Waals surface area (Å²) in [5.74, 6) is -1.56. The highest BCUT2D eigenvalue weighted by atomic mass is 35.5. The summed E-state index contributed by atoms with van der Waals surface area (Å²) >= 11 is 18.0. The minimum atomic E-state index is -0.474. The lowest BCUT2D eigenvalue weighted by atomic mass is 9.85. The Morgan fingerprint density at radius 2 is 1.38 bits per heavy atom. The highest BCUT2D eigenvalue weighted by Crippen LogP contribution is 2.48. The number of fused-ring (bicyclic) bond motifs is 5. The monoisotopic (exact) mass is 343 g/mol.